The van der Waals surface area contributed by atoms with Crippen molar-refractivity contribution in [3.05, 3.63) is 60.8 Å². The molecule has 0 aliphatic rings. The van der Waals surface area contributed by atoms with E-state index in [4.69, 9.17) is 4.74 Å². The monoisotopic (exact) mass is 910 g/mol. The van der Waals surface area contributed by atoms with Crippen LogP contribution < -0.4 is 5.32 Å². The van der Waals surface area contributed by atoms with Gasteiger partial charge in [0.05, 0.1) is 25.2 Å². The van der Waals surface area contributed by atoms with E-state index in [1.54, 1.807) is 0 Å². The SMILES string of the molecule is CC/C=C/C=C/C=C\C=C/C=C/CCCCCC(=O)OC(CCCCCCCCCCCCCCCC)CC(=O)NC(CO)C(O)CCCCCCCCCCCCCCCCCCC. The molecule has 0 aromatic heterocycles. The highest BCUT2D eigenvalue weighted by molar-refractivity contribution is 5.77. The van der Waals surface area contributed by atoms with Crippen molar-refractivity contribution in [1.29, 1.82) is 0 Å². The second kappa shape index (κ2) is 52.5. The van der Waals surface area contributed by atoms with E-state index in [0.29, 0.717) is 19.3 Å². The van der Waals surface area contributed by atoms with E-state index in [9.17, 15) is 19.8 Å². The number of aliphatic hydroxyl groups is 2. The third-order valence-corrected chi connectivity index (χ3v) is 12.7. The first-order chi connectivity index (χ1) is 32.0. The van der Waals surface area contributed by atoms with Gasteiger partial charge in [-0.25, -0.2) is 0 Å². The molecule has 0 spiro atoms. The Morgan fingerprint density at radius 1 is 0.462 bits per heavy atom. The zero-order valence-electron chi connectivity index (χ0n) is 43.1. The number of carbonyl (C=O) groups is 2. The smallest absolute Gasteiger partial charge is 0.306 e. The summed E-state index contributed by atoms with van der Waals surface area (Å²) in [6.07, 6.45) is 65.7. The molecule has 378 valence electrons. The maximum Gasteiger partial charge on any atom is 0.306 e. The molecular weight excluding hydrogens is 803 g/mol. The highest BCUT2D eigenvalue weighted by Gasteiger charge is 2.24. The largest absolute Gasteiger partial charge is 0.462 e. The summed E-state index contributed by atoms with van der Waals surface area (Å²) in [5.74, 6) is -0.513. The summed E-state index contributed by atoms with van der Waals surface area (Å²) in [5, 5.41) is 23.9. The van der Waals surface area contributed by atoms with Crippen LogP contribution in [0.3, 0.4) is 0 Å². The molecule has 0 radical (unpaired) electrons. The Morgan fingerprint density at radius 3 is 1.25 bits per heavy atom. The van der Waals surface area contributed by atoms with Gasteiger partial charge in [-0.1, -0.05) is 281 Å². The number of hydrogen-bond donors (Lipinski definition) is 3. The molecule has 65 heavy (non-hydrogen) atoms. The van der Waals surface area contributed by atoms with Crippen LogP contribution in [-0.4, -0.2) is 46.9 Å². The van der Waals surface area contributed by atoms with Crippen molar-refractivity contribution >= 4 is 11.9 Å². The minimum atomic E-state index is -0.796. The number of hydrogen-bond acceptors (Lipinski definition) is 5. The summed E-state index contributed by atoms with van der Waals surface area (Å²) in [6, 6.07) is -0.711. The summed E-state index contributed by atoms with van der Waals surface area (Å²) >= 11 is 0. The Bertz CT molecular complexity index is 1160. The van der Waals surface area contributed by atoms with E-state index in [2.05, 4.69) is 50.4 Å². The number of rotatable bonds is 50. The maximum absolute atomic E-state index is 13.3. The molecule has 0 aliphatic carbocycles. The van der Waals surface area contributed by atoms with Gasteiger partial charge in [0, 0.05) is 6.42 Å². The van der Waals surface area contributed by atoms with Gasteiger partial charge in [0.15, 0.2) is 0 Å². The van der Waals surface area contributed by atoms with Crippen LogP contribution in [0.2, 0.25) is 0 Å². The van der Waals surface area contributed by atoms with E-state index in [-0.39, 0.29) is 24.9 Å². The second-order valence-corrected chi connectivity index (χ2v) is 19.1. The topological polar surface area (TPSA) is 95.9 Å². The minimum Gasteiger partial charge on any atom is -0.462 e. The lowest BCUT2D eigenvalue weighted by Gasteiger charge is -2.24. The van der Waals surface area contributed by atoms with Crippen molar-refractivity contribution in [2.45, 2.75) is 296 Å². The van der Waals surface area contributed by atoms with Crippen molar-refractivity contribution < 1.29 is 24.5 Å². The number of allylic oxidation sites excluding steroid dienone is 10. The van der Waals surface area contributed by atoms with Gasteiger partial charge in [-0.2, -0.15) is 0 Å². The quantitative estimate of drug-likeness (QED) is 0.0321. The first kappa shape index (κ1) is 62.6. The molecule has 3 unspecified atom stereocenters. The Balaban J connectivity index is 4.58. The lowest BCUT2D eigenvalue weighted by Crippen LogP contribution is -2.46. The van der Waals surface area contributed by atoms with Crippen LogP contribution in [0, 0.1) is 0 Å². The van der Waals surface area contributed by atoms with Crippen molar-refractivity contribution in [3.63, 3.8) is 0 Å². The maximum atomic E-state index is 13.3. The van der Waals surface area contributed by atoms with Gasteiger partial charge in [-0.15, -0.1) is 0 Å². The van der Waals surface area contributed by atoms with Crippen LogP contribution in [0.1, 0.15) is 278 Å². The summed E-state index contributed by atoms with van der Waals surface area (Å²) in [4.78, 5) is 26.2. The lowest BCUT2D eigenvalue weighted by atomic mass is 10.0. The number of nitrogens with one attached hydrogen (secondary N) is 1. The van der Waals surface area contributed by atoms with Gasteiger partial charge >= 0.3 is 5.97 Å². The van der Waals surface area contributed by atoms with Crippen LogP contribution in [0.25, 0.3) is 0 Å². The van der Waals surface area contributed by atoms with Crippen LogP contribution in [0.4, 0.5) is 0 Å². The van der Waals surface area contributed by atoms with E-state index in [0.717, 1.165) is 70.6 Å². The molecule has 0 saturated carbocycles. The van der Waals surface area contributed by atoms with Gasteiger partial charge in [0.1, 0.15) is 6.10 Å². The Hall–Kier alpha value is -2.44. The number of carbonyl (C=O) groups excluding carboxylic acids is 2. The van der Waals surface area contributed by atoms with Crippen molar-refractivity contribution in [3.8, 4) is 0 Å². The Morgan fingerprint density at radius 2 is 0.831 bits per heavy atom. The highest BCUT2D eigenvalue weighted by atomic mass is 16.5. The molecule has 0 aromatic rings. The fourth-order valence-electron chi connectivity index (χ4n) is 8.51. The molecule has 0 rings (SSSR count). The van der Waals surface area contributed by atoms with Gasteiger partial charge in [0.2, 0.25) is 5.91 Å². The van der Waals surface area contributed by atoms with Crippen LogP contribution >= 0.6 is 0 Å². The zero-order valence-corrected chi connectivity index (χ0v) is 43.1. The molecule has 6 nitrogen and oxygen atoms in total. The van der Waals surface area contributed by atoms with E-state index in [1.807, 2.05) is 36.5 Å². The molecule has 1 amide bonds. The Labute approximate surface area is 403 Å². The molecule has 0 saturated heterocycles. The van der Waals surface area contributed by atoms with Crippen molar-refractivity contribution in [1.82, 2.24) is 5.32 Å². The molecule has 0 bridgehead atoms. The van der Waals surface area contributed by atoms with Crippen molar-refractivity contribution in [2.24, 2.45) is 0 Å². The van der Waals surface area contributed by atoms with Crippen molar-refractivity contribution in [2.75, 3.05) is 6.61 Å². The fourth-order valence-corrected chi connectivity index (χ4v) is 8.51. The predicted molar refractivity (Wildman–Crippen MR) is 282 cm³/mol. The third-order valence-electron chi connectivity index (χ3n) is 12.7. The summed E-state index contributed by atoms with van der Waals surface area (Å²) in [7, 11) is 0. The van der Waals surface area contributed by atoms with E-state index < -0.39 is 18.2 Å². The van der Waals surface area contributed by atoms with Gasteiger partial charge in [-0.05, 0) is 44.9 Å². The first-order valence-corrected chi connectivity index (χ1v) is 28.1. The van der Waals surface area contributed by atoms with Crippen LogP contribution in [0.5, 0.6) is 0 Å². The third kappa shape index (κ3) is 47.8. The van der Waals surface area contributed by atoms with E-state index in [1.165, 1.54) is 161 Å². The normalized spacial score (nSPS) is 13.6. The van der Waals surface area contributed by atoms with E-state index >= 15 is 0 Å². The second-order valence-electron chi connectivity index (χ2n) is 19.1. The average molecular weight is 911 g/mol. The Kier molecular flexibility index (Phi) is 50.6. The highest BCUT2D eigenvalue weighted by Crippen LogP contribution is 2.19. The molecule has 0 aliphatic heterocycles. The predicted octanol–water partition coefficient (Wildman–Crippen LogP) is 17.2. The lowest BCUT2D eigenvalue weighted by molar-refractivity contribution is -0.151. The molecule has 6 heteroatoms. The summed E-state index contributed by atoms with van der Waals surface area (Å²) in [6.45, 7) is 6.36. The minimum absolute atomic E-state index is 0.0617. The summed E-state index contributed by atoms with van der Waals surface area (Å²) in [5.41, 5.74) is 0. The molecule has 0 aromatic carbocycles. The molecule has 0 heterocycles. The number of amides is 1. The molecule has 3 atom stereocenters. The number of esters is 1. The number of ether oxygens (including phenoxy) is 1. The molecule has 3 N–H and O–H groups in total. The fraction of sp³-hybridized carbons (Fsp3) is 0.797. The van der Waals surface area contributed by atoms with Crippen LogP contribution in [0.15, 0.2) is 60.8 Å². The average Bonchev–Trinajstić information content (AvgIpc) is 3.30. The van der Waals surface area contributed by atoms with Gasteiger partial charge in [0.25, 0.3) is 0 Å². The van der Waals surface area contributed by atoms with Gasteiger partial charge < -0.3 is 20.3 Å². The van der Waals surface area contributed by atoms with Crippen LogP contribution in [-0.2, 0) is 14.3 Å². The number of unbranched alkanes of at least 4 members (excludes halogenated alkanes) is 32. The molecular formula is C59H107NO5. The van der Waals surface area contributed by atoms with Gasteiger partial charge in [-0.3, -0.25) is 9.59 Å². The standard InChI is InChI=1S/C59H107NO5/c1-4-7-10-13-16-19-22-25-28-29-31-33-36-39-42-45-48-51-57(62)56(54-61)60-58(63)53-55(50-47-44-41-38-35-32-27-24-21-18-15-12-9-6-3)65-59(64)52-49-46-43-40-37-34-30-26-23-20-17-14-11-8-5-2/h8,11,14,17,20,23,26,30,34,37,55-57,61-62H,4-7,9-10,12-13,15-16,18-19,21-22,24-25,27-29,31-33,35-36,38-54H2,1-3H3,(H,60,63)/b11-8+,17-14+,23-20-,30-26-,37-34+. The summed E-state index contributed by atoms with van der Waals surface area (Å²) < 4.78 is 5.93. The molecule has 0 fully saturated rings. The number of aliphatic hydroxyl groups excluding tert-OH is 2. The zero-order chi connectivity index (χ0) is 47.4. The first-order valence-electron chi connectivity index (χ1n) is 28.1.